The van der Waals surface area contributed by atoms with E-state index in [-0.39, 0.29) is 6.79 Å². The molecule has 0 bridgehead atoms. The second-order valence-electron chi connectivity index (χ2n) is 5.50. The van der Waals surface area contributed by atoms with Gasteiger partial charge in [0.15, 0.2) is 0 Å². The Morgan fingerprint density at radius 3 is 2.38 bits per heavy atom. The Morgan fingerprint density at radius 1 is 1.25 bits per heavy atom. The Labute approximate surface area is 101 Å². The molecule has 0 radical (unpaired) electrons. The molecule has 3 heteroatoms. The number of allylic oxidation sites excluding steroid dienone is 2. The second-order valence-corrected chi connectivity index (χ2v) is 11.0. The Balaban J connectivity index is 4.09. The lowest BCUT2D eigenvalue weighted by molar-refractivity contribution is -0.0877. The minimum atomic E-state index is -0.980. The van der Waals surface area contributed by atoms with Crippen molar-refractivity contribution in [3.8, 4) is 11.8 Å². The van der Waals surface area contributed by atoms with Crippen LogP contribution in [0, 0.1) is 11.8 Å². The van der Waals surface area contributed by atoms with Crippen LogP contribution in [0.3, 0.4) is 0 Å². The van der Waals surface area contributed by atoms with E-state index in [2.05, 4.69) is 37.6 Å². The molecule has 0 unspecified atom stereocenters. The lowest BCUT2D eigenvalue weighted by atomic mass is 10.1. The van der Waals surface area contributed by atoms with E-state index in [0.717, 1.165) is 0 Å². The van der Waals surface area contributed by atoms with E-state index in [1.807, 2.05) is 19.9 Å². The average Bonchev–Trinajstić information content (AvgIpc) is 2.12. The summed E-state index contributed by atoms with van der Waals surface area (Å²) >= 11 is 0. The standard InChI is InChI=1S/C13H24O2Si/c1-13(2,15-12-14-3)10-8-7-9-11-16(4,5)6/h7,9H,11-12H2,1-6H3/b9-7-. The molecule has 0 aliphatic rings. The molecule has 0 rings (SSSR count). The Hall–Kier alpha value is -0.563. The van der Waals surface area contributed by atoms with Crippen LogP contribution >= 0.6 is 0 Å². The van der Waals surface area contributed by atoms with E-state index in [1.54, 1.807) is 7.11 Å². The third-order valence-corrected chi connectivity index (χ3v) is 3.30. The maximum absolute atomic E-state index is 5.41. The smallest absolute Gasteiger partial charge is 0.148 e. The zero-order valence-electron chi connectivity index (χ0n) is 11.4. The predicted octanol–water partition coefficient (Wildman–Crippen LogP) is 3.28. The van der Waals surface area contributed by atoms with E-state index >= 15 is 0 Å². The van der Waals surface area contributed by atoms with E-state index in [4.69, 9.17) is 9.47 Å². The molecule has 92 valence electrons. The first kappa shape index (κ1) is 15.4. The normalized spacial score (nSPS) is 12.6. The lowest BCUT2D eigenvalue weighted by Gasteiger charge is -2.17. The van der Waals surface area contributed by atoms with Gasteiger partial charge in [0, 0.05) is 15.2 Å². The molecule has 0 aliphatic carbocycles. The van der Waals surface area contributed by atoms with Gasteiger partial charge in [-0.2, -0.15) is 0 Å². The zero-order chi connectivity index (χ0) is 12.7. The second kappa shape index (κ2) is 6.90. The molecule has 0 aromatic carbocycles. The van der Waals surface area contributed by atoms with Gasteiger partial charge in [-0.25, -0.2) is 0 Å². The molecule has 0 N–H and O–H groups in total. The van der Waals surface area contributed by atoms with Crippen LogP contribution in [-0.2, 0) is 9.47 Å². The molecule has 0 saturated carbocycles. The largest absolute Gasteiger partial charge is 0.359 e. The van der Waals surface area contributed by atoms with Crippen LogP contribution in [0.2, 0.25) is 25.7 Å². The van der Waals surface area contributed by atoms with Gasteiger partial charge in [0.25, 0.3) is 0 Å². The predicted molar refractivity (Wildman–Crippen MR) is 72.1 cm³/mol. The molecule has 2 nitrogen and oxygen atoms in total. The summed E-state index contributed by atoms with van der Waals surface area (Å²) < 4.78 is 10.3. The maximum atomic E-state index is 5.41. The Kier molecular flexibility index (Phi) is 6.66. The third kappa shape index (κ3) is 9.97. The first-order valence-corrected chi connectivity index (χ1v) is 9.28. The minimum absolute atomic E-state index is 0.278. The molecular formula is C13H24O2Si. The van der Waals surface area contributed by atoms with Gasteiger partial charge < -0.3 is 9.47 Å². The highest BCUT2D eigenvalue weighted by Crippen LogP contribution is 2.09. The summed E-state index contributed by atoms with van der Waals surface area (Å²) in [6.45, 7) is 11.2. The molecule has 0 aliphatic heterocycles. The first-order valence-electron chi connectivity index (χ1n) is 5.57. The van der Waals surface area contributed by atoms with Crippen LogP contribution < -0.4 is 0 Å². The topological polar surface area (TPSA) is 18.5 Å². The van der Waals surface area contributed by atoms with Crippen molar-refractivity contribution in [2.45, 2.75) is 45.1 Å². The van der Waals surface area contributed by atoms with Gasteiger partial charge in [0.05, 0.1) is 0 Å². The molecule has 0 heterocycles. The molecule has 16 heavy (non-hydrogen) atoms. The number of hydrogen-bond donors (Lipinski definition) is 0. The van der Waals surface area contributed by atoms with E-state index in [0.29, 0.717) is 0 Å². The van der Waals surface area contributed by atoms with Crippen LogP contribution in [-0.4, -0.2) is 27.6 Å². The highest BCUT2D eigenvalue weighted by molar-refractivity contribution is 6.76. The van der Waals surface area contributed by atoms with Crippen LogP contribution in [0.5, 0.6) is 0 Å². The molecule has 0 fully saturated rings. The third-order valence-electron chi connectivity index (χ3n) is 1.84. The van der Waals surface area contributed by atoms with E-state index < -0.39 is 13.7 Å². The van der Waals surface area contributed by atoms with Crippen LogP contribution in [0.1, 0.15) is 13.8 Å². The molecule has 0 spiro atoms. The Morgan fingerprint density at radius 2 is 1.88 bits per heavy atom. The summed E-state index contributed by atoms with van der Waals surface area (Å²) in [6, 6.07) is 1.17. The van der Waals surface area contributed by atoms with Crippen molar-refractivity contribution in [1.82, 2.24) is 0 Å². The van der Waals surface area contributed by atoms with Crippen molar-refractivity contribution < 1.29 is 9.47 Å². The van der Waals surface area contributed by atoms with Gasteiger partial charge in [-0.05, 0) is 26.0 Å². The molecular weight excluding hydrogens is 216 g/mol. The van der Waals surface area contributed by atoms with Crippen molar-refractivity contribution in [2.75, 3.05) is 13.9 Å². The lowest BCUT2D eigenvalue weighted by Crippen LogP contribution is -2.23. The fraction of sp³-hybridized carbons (Fsp3) is 0.692. The van der Waals surface area contributed by atoms with Crippen molar-refractivity contribution in [3.63, 3.8) is 0 Å². The summed E-state index contributed by atoms with van der Waals surface area (Å²) in [6.07, 6.45) is 4.09. The number of ether oxygens (including phenoxy) is 2. The van der Waals surface area contributed by atoms with Gasteiger partial charge in [-0.1, -0.05) is 37.6 Å². The van der Waals surface area contributed by atoms with Crippen LogP contribution in [0.25, 0.3) is 0 Å². The monoisotopic (exact) mass is 240 g/mol. The van der Waals surface area contributed by atoms with Gasteiger partial charge in [-0.3, -0.25) is 0 Å². The molecule has 0 aromatic rings. The van der Waals surface area contributed by atoms with Gasteiger partial charge in [0.2, 0.25) is 0 Å². The summed E-state index contributed by atoms with van der Waals surface area (Å²) in [4.78, 5) is 0. The average molecular weight is 240 g/mol. The highest BCUT2D eigenvalue weighted by atomic mass is 28.3. The fourth-order valence-electron chi connectivity index (χ4n) is 0.929. The highest BCUT2D eigenvalue weighted by Gasteiger charge is 2.13. The summed E-state index contributed by atoms with van der Waals surface area (Å²) in [5.74, 6) is 6.07. The number of hydrogen-bond acceptors (Lipinski definition) is 2. The van der Waals surface area contributed by atoms with Crippen molar-refractivity contribution in [1.29, 1.82) is 0 Å². The zero-order valence-corrected chi connectivity index (χ0v) is 12.4. The SMILES string of the molecule is COCOC(C)(C)C#C/C=C\C[Si](C)(C)C. The van der Waals surface area contributed by atoms with Crippen LogP contribution in [0.15, 0.2) is 12.2 Å². The molecule has 0 aromatic heterocycles. The van der Waals surface area contributed by atoms with Gasteiger partial charge >= 0.3 is 0 Å². The van der Waals surface area contributed by atoms with Crippen molar-refractivity contribution in [3.05, 3.63) is 12.2 Å². The van der Waals surface area contributed by atoms with Gasteiger partial charge in [-0.15, -0.1) is 0 Å². The van der Waals surface area contributed by atoms with Crippen molar-refractivity contribution >= 4 is 8.07 Å². The molecule has 0 amide bonds. The minimum Gasteiger partial charge on any atom is -0.359 e. The number of methoxy groups -OCH3 is 1. The molecule has 0 saturated heterocycles. The Bertz CT molecular complexity index is 277. The number of rotatable bonds is 5. The molecule has 0 atom stereocenters. The first-order chi connectivity index (χ1) is 7.27. The summed E-state index contributed by atoms with van der Waals surface area (Å²) in [7, 11) is 0.629. The van der Waals surface area contributed by atoms with E-state index in [9.17, 15) is 0 Å². The maximum Gasteiger partial charge on any atom is 0.148 e. The van der Waals surface area contributed by atoms with Crippen LogP contribution in [0.4, 0.5) is 0 Å². The summed E-state index contributed by atoms with van der Waals surface area (Å²) in [5.41, 5.74) is -0.445. The fourth-order valence-corrected chi connectivity index (χ4v) is 1.75. The van der Waals surface area contributed by atoms with Crippen molar-refractivity contribution in [2.24, 2.45) is 0 Å². The quantitative estimate of drug-likeness (QED) is 0.417. The summed E-state index contributed by atoms with van der Waals surface area (Å²) in [5, 5.41) is 0. The van der Waals surface area contributed by atoms with E-state index in [1.165, 1.54) is 6.04 Å². The van der Waals surface area contributed by atoms with Gasteiger partial charge in [0.1, 0.15) is 12.4 Å².